The maximum atomic E-state index is 10.2. The Morgan fingerprint density at radius 3 is 2.64 bits per heavy atom. The number of aliphatic hydroxyl groups is 1. The minimum Gasteiger partial charge on any atom is -0.393 e. The van der Waals surface area contributed by atoms with Crippen LogP contribution in [0.4, 0.5) is 0 Å². The lowest BCUT2D eigenvalue weighted by Crippen LogP contribution is -2.50. The molecule has 4 aliphatic carbocycles. The Morgan fingerprint density at radius 2 is 1.89 bits per heavy atom. The Kier molecular flexibility index (Phi) is 5.45. The lowest BCUT2D eigenvalue weighted by Gasteiger charge is -2.58. The van der Waals surface area contributed by atoms with Gasteiger partial charge in [-0.2, -0.15) is 0 Å². The van der Waals surface area contributed by atoms with Crippen molar-refractivity contribution < 1.29 is 5.11 Å². The summed E-state index contributed by atoms with van der Waals surface area (Å²) in [6.45, 7) is 12.0. The Balaban J connectivity index is 1.55. The maximum absolute atomic E-state index is 10.2. The average Bonchev–Trinajstić information content (AvgIpc) is 2.99. The topological polar surface area (TPSA) is 20.2 Å². The summed E-state index contributed by atoms with van der Waals surface area (Å²) < 4.78 is 0. The molecule has 1 unspecified atom stereocenters. The van der Waals surface area contributed by atoms with Crippen LogP contribution in [-0.4, -0.2) is 11.2 Å². The summed E-state index contributed by atoms with van der Waals surface area (Å²) in [6, 6.07) is 0. The molecule has 0 aromatic carbocycles. The molecule has 8 atom stereocenters. The van der Waals surface area contributed by atoms with E-state index in [4.69, 9.17) is 0 Å². The molecule has 0 bridgehead atoms. The van der Waals surface area contributed by atoms with Crippen LogP contribution in [0.3, 0.4) is 0 Å². The Morgan fingerprint density at radius 1 is 1.11 bits per heavy atom. The van der Waals surface area contributed by atoms with Crippen LogP contribution >= 0.6 is 0 Å². The zero-order valence-electron chi connectivity index (χ0n) is 18.9. The van der Waals surface area contributed by atoms with Gasteiger partial charge in [0.15, 0.2) is 0 Å². The molecule has 156 valence electrons. The summed E-state index contributed by atoms with van der Waals surface area (Å²) >= 11 is 0. The van der Waals surface area contributed by atoms with Gasteiger partial charge in [0.05, 0.1) is 6.10 Å². The molecular weight excluding hydrogens is 340 g/mol. The summed E-state index contributed by atoms with van der Waals surface area (Å²) in [5.41, 5.74) is 3.88. The summed E-state index contributed by atoms with van der Waals surface area (Å²) in [5.74, 6) is 4.15. The Labute approximate surface area is 173 Å². The van der Waals surface area contributed by atoms with Crippen molar-refractivity contribution in [3.05, 3.63) is 35.5 Å². The van der Waals surface area contributed by atoms with Gasteiger partial charge in [-0.15, -0.1) is 0 Å². The first kappa shape index (κ1) is 20.5. The lowest BCUT2D eigenvalue weighted by molar-refractivity contribution is -0.0540. The highest BCUT2D eigenvalue weighted by molar-refractivity contribution is 5.25. The van der Waals surface area contributed by atoms with Crippen molar-refractivity contribution in [1.82, 2.24) is 0 Å². The third-order valence-electron chi connectivity index (χ3n) is 9.63. The fourth-order valence-electron chi connectivity index (χ4n) is 8.10. The minimum atomic E-state index is -0.0889. The molecule has 28 heavy (non-hydrogen) atoms. The number of fused-ring (bicyclic) bond motifs is 5. The number of allylic oxidation sites excluding steroid dienone is 5. The van der Waals surface area contributed by atoms with Crippen molar-refractivity contribution in [2.75, 3.05) is 0 Å². The molecule has 4 aliphatic rings. The summed E-state index contributed by atoms with van der Waals surface area (Å²) in [5, 5.41) is 10.2. The Bertz CT molecular complexity index is 680. The molecule has 3 saturated carbocycles. The van der Waals surface area contributed by atoms with E-state index in [1.165, 1.54) is 44.1 Å². The van der Waals surface area contributed by atoms with Gasteiger partial charge in [0, 0.05) is 0 Å². The largest absolute Gasteiger partial charge is 0.393 e. The van der Waals surface area contributed by atoms with E-state index < -0.39 is 0 Å². The molecule has 0 aliphatic heterocycles. The average molecular weight is 383 g/mol. The maximum Gasteiger partial charge on any atom is 0.0577 e. The van der Waals surface area contributed by atoms with Gasteiger partial charge in [0.25, 0.3) is 0 Å². The highest BCUT2D eigenvalue weighted by Gasteiger charge is 2.58. The highest BCUT2D eigenvalue weighted by atomic mass is 16.3. The van der Waals surface area contributed by atoms with Crippen LogP contribution in [0.15, 0.2) is 35.5 Å². The molecule has 0 spiro atoms. The minimum absolute atomic E-state index is 0.0889. The van der Waals surface area contributed by atoms with Gasteiger partial charge in [0.1, 0.15) is 0 Å². The molecule has 0 saturated heterocycles. The smallest absolute Gasteiger partial charge is 0.0577 e. The third kappa shape index (κ3) is 3.26. The van der Waals surface area contributed by atoms with Gasteiger partial charge in [0.2, 0.25) is 0 Å². The molecule has 0 radical (unpaired) electrons. The molecule has 1 N–H and O–H groups in total. The van der Waals surface area contributed by atoms with Gasteiger partial charge in [-0.25, -0.2) is 0 Å². The van der Waals surface area contributed by atoms with E-state index in [1.807, 2.05) is 0 Å². The second-order valence-corrected chi connectivity index (χ2v) is 11.4. The van der Waals surface area contributed by atoms with Crippen LogP contribution in [-0.2, 0) is 0 Å². The fourth-order valence-corrected chi connectivity index (χ4v) is 8.10. The molecule has 0 aromatic heterocycles. The van der Waals surface area contributed by atoms with Crippen molar-refractivity contribution >= 4 is 0 Å². The monoisotopic (exact) mass is 382 g/mol. The van der Waals surface area contributed by atoms with E-state index >= 15 is 0 Å². The predicted molar refractivity (Wildman–Crippen MR) is 119 cm³/mol. The number of hydrogen-bond acceptors (Lipinski definition) is 1. The third-order valence-corrected chi connectivity index (χ3v) is 9.63. The van der Waals surface area contributed by atoms with Gasteiger partial charge >= 0.3 is 0 Å². The Hall–Kier alpha value is -0.820. The zero-order valence-corrected chi connectivity index (χ0v) is 18.9. The van der Waals surface area contributed by atoms with Gasteiger partial charge < -0.3 is 5.11 Å². The first-order valence-corrected chi connectivity index (χ1v) is 11.9. The SMILES string of the molecule is CC(C)=C/C=C\[C@@H](C)[C@H]1CC[C@H]2[C@@H]3CC=C4CC(O)CC[C@]4(C)[C@H]3CC[C@]12C. The number of hydrogen-bond donors (Lipinski definition) is 1. The highest BCUT2D eigenvalue weighted by Crippen LogP contribution is 2.67. The van der Waals surface area contributed by atoms with Crippen molar-refractivity contribution in [3.63, 3.8) is 0 Å². The van der Waals surface area contributed by atoms with Gasteiger partial charge in [-0.3, -0.25) is 0 Å². The second kappa shape index (κ2) is 7.46. The van der Waals surface area contributed by atoms with Crippen LogP contribution < -0.4 is 0 Å². The van der Waals surface area contributed by atoms with Crippen LogP contribution in [0.25, 0.3) is 0 Å². The molecule has 3 fully saturated rings. The summed E-state index contributed by atoms with van der Waals surface area (Å²) in [6.07, 6.45) is 19.6. The first-order valence-electron chi connectivity index (χ1n) is 11.9. The van der Waals surface area contributed by atoms with Crippen molar-refractivity contribution in [2.45, 2.75) is 92.1 Å². The molecule has 0 amide bonds. The molecule has 4 rings (SSSR count). The normalized spacial score (nSPS) is 46.4. The number of aliphatic hydroxyl groups excluding tert-OH is 1. The van der Waals surface area contributed by atoms with Crippen LogP contribution in [0.5, 0.6) is 0 Å². The molecule has 1 nitrogen and oxygen atoms in total. The molecule has 0 heterocycles. The van der Waals surface area contributed by atoms with Crippen molar-refractivity contribution in [2.24, 2.45) is 40.4 Å². The van der Waals surface area contributed by atoms with Crippen molar-refractivity contribution in [3.8, 4) is 0 Å². The van der Waals surface area contributed by atoms with E-state index in [0.717, 1.165) is 36.5 Å². The molecule has 1 heteroatoms. The lowest BCUT2D eigenvalue weighted by atomic mass is 9.47. The van der Waals surface area contributed by atoms with E-state index in [0.29, 0.717) is 16.7 Å². The summed E-state index contributed by atoms with van der Waals surface area (Å²) in [7, 11) is 0. The molecular formula is C27H42O. The first-order chi connectivity index (χ1) is 13.3. The second-order valence-electron chi connectivity index (χ2n) is 11.4. The molecule has 0 aromatic rings. The van der Waals surface area contributed by atoms with E-state index in [-0.39, 0.29) is 6.10 Å². The van der Waals surface area contributed by atoms with Crippen LogP contribution in [0.1, 0.15) is 86.0 Å². The predicted octanol–water partition coefficient (Wildman–Crippen LogP) is 7.08. The summed E-state index contributed by atoms with van der Waals surface area (Å²) in [4.78, 5) is 0. The van der Waals surface area contributed by atoms with Gasteiger partial charge in [-0.1, -0.05) is 56.2 Å². The van der Waals surface area contributed by atoms with E-state index in [1.54, 1.807) is 5.57 Å². The van der Waals surface area contributed by atoms with Crippen LogP contribution in [0, 0.1) is 40.4 Å². The number of rotatable bonds is 3. The zero-order chi connectivity index (χ0) is 20.1. The standard InChI is InChI=1S/C27H42O/c1-18(2)7-6-8-19(3)23-11-12-24-22-10-9-20-17-21(28)13-15-26(20,4)25(22)14-16-27(23,24)5/h6-9,19,21-25,28H,10-17H2,1-5H3/b8-6-/t19-,21?,22+,23-,24+,25+,26+,27-/m1/s1. The van der Waals surface area contributed by atoms with Gasteiger partial charge in [-0.05, 0) is 106 Å². The quantitative estimate of drug-likeness (QED) is 0.408. The van der Waals surface area contributed by atoms with E-state index in [9.17, 15) is 5.11 Å². The van der Waals surface area contributed by atoms with Crippen molar-refractivity contribution in [1.29, 1.82) is 0 Å². The van der Waals surface area contributed by atoms with E-state index in [2.05, 4.69) is 58.9 Å². The fraction of sp³-hybridized carbons (Fsp3) is 0.778. The van der Waals surface area contributed by atoms with Crippen LogP contribution in [0.2, 0.25) is 0 Å².